The zero-order valence-electron chi connectivity index (χ0n) is 24.6. The van der Waals surface area contributed by atoms with Crippen molar-refractivity contribution in [2.45, 2.75) is 57.2 Å². The summed E-state index contributed by atoms with van der Waals surface area (Å²) in [4.78, 5) is 31.0. The van der Waals surface area contributed by atoms with Gasteiger partial charge in [0.1, 0.15) is 23.8 Å². The first kappa shape index (κ1) is 29.0. The van der Waals surface area contributed by atoms with Gasteiger partial charge in [-0.25, -0.2) is 24.1 Å². The largest absolute Gasteiger partial charge is 0.445 e. The molecule has 9 heteroatoms. The van der Waals surface area contributed by atoms with E-state index in [1.54, 1.807) is 18.3 Å². The Morgan fingerprint density at radius 3 is 2.36 bits per heavy atom. The maximum absolute atomic E-state index is 13.9. The number of hydrogen-bond donors (Lipinski definition) is 3. The number of nitrogens with one attached hydrogen (secondary N) is 3. The molecule has 2 aromatic heterocycles. The molecule has 1 aliphatic rings. The number of alkyl carbamates (subject to hydrolysis) is 1. The summed E-state index contributed by atoms with van der Waals surface area (Å²) >= 11 is 0. The molecule has 2 heterocycles. The predicted molar refractivity (Wildman–Crippen MR) is 168 cm³/mol. The van der Waals surface area contributed by atoms with Crippen molar-refractivity contribution in [2.75, 3.05) is 5.32 Å². The quantitative estimate of drug-likeness (QED) is 0.161. The number of carbonyl (C=O) groups is 1. The van der Waals surface area contributed by atoms with Crippen molar-refractivity contribution in [1.29, 1.82) is 0 Å². The SMILES string of the molecule is C[C@@H](Nc1nccc(-c2[nH]c(C3(NC(=O)OCc4ccccc4)CCCCC3)nc2-c2ccc(F)cc2)n1)c1ccccc1. The van der Waals surface area contributed by atoms with Gasteiger partial charge in [-0.1, -0.05) is 79.9 Å². The summed E-state index contributed by atoms with van der Waals surface area (Å²) in [5.41, 5.74) is 3.90. The van der Waals surface area contributed by atoms with Gasteiger partial charge in [-0.2, -0.15) is 0 Å². The first-order chi connectivity index (χ1) is 21.5. The molecule has 44 heavy (non-hydrogen) atoms. The second-order valence-electron chi connectivity index (χ2n) is 11.2. The van der Waals surface area contributed by atoms with Crippen molar-refractivity contribution < 1.29 is 13.9 Å². The van der Waals surface area contributed by atoms with E-state index in [0.717, 1.165) is 36.0 Å². The molecule has 1 atom stereocenters. The summed E-state index contributed by atoms with van der Waals surface area (Å²) in [5.74, 6) is 0.755. The fourth-order valence-electron chi connectivity index (χ4n) is 5.72. The third kappa shape index (κ3) is 6.62. The Balaban J connectivity index is 1.34. The number of carbonyl (C=O) groups excluding carboxylic acids is 1. The summed E-state index contributed by atoms with van der Waals surface area (Å²) in [5, 5.41) is 6.55. The number of halogens is 1. The van der Waals surface area contributed by atoms with Crippen LogP contribution in [0.2, 0.25) is 0 Å². The second-order valence-corrected chi connectivity index (χ2v) is 11.2. The van der Waals surface area contributed by atoms with Crippen LogP contribution in [-0.2, 0) is 16.9 Å². The van der Waals surface area contributed by atoms with Crippen LogP contribution >= 0.6 is 0 Å². The lowest BCUT2D eigenvalue weighted by atomic mass is 9.81. The summed E-state index contributed by atoms with van der Waals surface area (Å²) in [7, 11) is 0. The third-order valence-electron chi connectivity index (χ3n) is 8.09. The number of H-pyrrole nitrogens is 1. The van der Waals surface area contributed by atoms with Crippen LogP contribution in [0.3, 0.4) is 0 Å². The van der Waals surface area contributed by atoms with Gasteiger partial charge in [0, 0.05) is 11.8 Å². The standard InChI is InChI=1S/C35H35FN6O2/c1-24(26-13-7-3-8-14-26)38-33-37-22-19-29(39-33)31-30(27-15-17-28(36)18-16-27)40-32(41-31)35(20-9-4-10-21-35)42-34(43)44-23-25-11-5-2-6-12-25/h2-3,5-8,11-19,22,24H,4,9-10,20-21,23H2,1H3,(H,40,41)(H,42,43)(H,37,38,39)/t24-/m1/s1. The Morgan fingerprint density at radius 1 is 0.932 bits per heavy atom. The first-order valence-corrected chi connectivity index (χ1v) is 15.0. The second kappa shape index (κ2) is 13.1. The van der Waals surface area contributed by atoms with Crippen LogP contribution in [0.1, 0.15) is 62.0 Å². The van der Waals surface area contributed by atoms with Crippen LogP contribution in [0, 0.1) is 5.82 Å². The van der Waals surface area contributed by atoms with E-state index in [2.05, 4.69) is 39.7 Å². The lowest BCUT2D eigenvalue weighted by molar-refractivity contribution is 0.115. The number of aromatic nitrogens is 4. The van der Waals surface area contributed by atoms with Crippen molar-refractivity contribution in [1.82, 2.24) is 25.3 Å². The molecular formula is C35H35FN6O2. The molecule has 0 saturated heterocycles. The minimum atomic E-state index is -0.755. The molecule has 0 spiro atoms. The summed E-state index contributed by atoms with van der Waals surface area (Å²) in [6.07, 6.45) is 5.54. The number of rotatable bonds is 9. The molecular weight excluding hydrogens is 555 g/mol. The Labute approximate surface area is 256 Å². The van der Waals surface area contributed by atoms with Gasteiger partial charge < -0.3 is 20.4 Å². The zero-order valence-corrected chi connectivity index (χ0v) is 24.6. The monoisotopic (exact) mass is 590 g/mol. The number of aromatic amines is 1. The molecule has 224 valence electrons. The number of hydrogen-bond acceptors (Lipinski definition) is 6. The highest BCUT2D eigenvalue weighted by molar-refractivity contribution is 5.77. The molecule has 3 N–H and O–H groups in total. The maximum Gasteiger partial charge on any atom is 0.408 e. The fourth-order valence-corrected chi connectivity index (χ4v) is 5.72. The summed E-state index contributed by atoms with van der Waals surface area (Å²) in [6, 6.07) is 27.7. The number of nitrogens with zero attached hydrogens (tertiary/aromatic N) is 3. The molecule has 0 bridgehead atoms. The van der Waals surface area contributed by atoms with Crippen molar-refractivity contribution in [3.63, 3.8) is 0 Å². The van der Waals surface area contributed by atoms with E-state index in [9.17, 15) is 9.18 Å². The molecule has 0 radical (unpaired) electrons. The first-order valence-electron chi connectivity index (χ1n) is 15.0. The molecule has 1 saturated carbocycles. The van der Waals surface area contributed by atoms with Gasteiger partial charge in [-0.05, 0) is 61.2 Å². The summed E-state index contributed by atoms with van der Waals surface area (Å²) < 4.78 is 19.5. The van der Waals surface area contributed by atoms with E-state index in [-0.39, 0.29) is 18.5 Å². The van der Waals surface area contributed by atoms with Gasteiger partial charge in [-0.15, -0.1) is 0 Å². The topological polar surface area (TPSA) is 105 Å². The van der Waals surface area contributed by atoms with Crippen LogP contribution in [-0.4, -0.2) is 26.0 Å². The number of benzene rings is 3. The van der Waals surface area contributed by atoms with Gasteiger partial charge in [0.15, 0.2) is 0 Å². The van der Waals surface area contributed by atoms with Crippen molar-refractivity contribution in [2.24, 2.45) is 0 Å². The molecule has 8 nitrogen and oxygen atoms in total. The van der Waals surface area contributed by atoms with E-state index in [4.69, 9.17) is 14.7 Å². The van der Waals surface area contributed by atoms with Crippen LogP contribution in [0.25, 0.3) is 22.6 Å². The molecule has 6 rings (SSSR count). The average Bonchev–Trinajstić information content (AvgIpc) is 3.52. The maximum atomic E-state index is 13.9. The molecule has 5 aromatic rings. The number of ether oxygens (including phenoxy) is 1. The predicted octanol–water partition coefficient (Wildman–Crippen LogP) is 7.93. The smallest absolute Gasteiger partial charge is 0.408 e. The van der Waals surface area contributed by atoms with Crippen molar-refractivity contribution in [3.05, 3.63) is 120 Å². The lowest BCUT2D eigenvalue weighted by Gasteiger charge is -2.36. The third-order valence-corrected chi connectivity index (χ3v) is 8.09. The van der Waals surface area contributed by atoms with Crippen molar-refractivity contribution in [3.8, 4) is 22.6 Å². The Bertz CT molecular complexity index is 1690. The molecule has 3 aromatic carbocycles. The van der Waals surface area contributed by atoms with E-state index < -0.39 is 11.6 Å². The molecule has 1 aliphatic carbocycles. The molecule has 1 amide bonds. The van der Waals surface area contributed by atoms with Crippen LogP contribution in [0.5, 0.6) is 0 Å². The highest BCUT2D eigenvalue weighted by atomic mass is 19.1. The van der Waals surface area contributed by atoms with Crippen molar-refractivity contribution >= 4 is 12.0 Å². The molecule has 1 fully saturated rings. The van der Waals surface area contributed by atoms with E-state index in [0.29, 0.717) is 41.7 Å². The van der Waals surface area contributed by atoms with Gasteiger partial charge >= 0.3 is 6.09 Å². The van der Waals surface area contributed by atoms with Gasteiger partial charge in [0.25, 0.3) is 0 Å². The normalized spacial score (nSPS) is 14.9. The van der Waals surface area contributed by atoms with Crippen LogP contribution in [0.4, 0.5) is 15.1 Å². The van der Waals surface area contributed by atoms with E-state index >= 15 is 0 Å². The lowest BCUT2D eigenvalue weighted by Crippen LogP contribution is -2.48. The van der Waals surface area contributed by atoms with Crippen LogP contribution < -0.4 is 10.6 Å². The average molecular weight is 591 g/mol. The summed E-state index contributed by atoms with van der Waals surface area (Å²) in [6.45, 7) is 2.23. The Hall–Kier alpha value is -5.05. The molecule has 0 aliphatic heterocycles. The highest BCUT2D eigenvalue weighted by Crippen LogP contribution is 2.39. The number of imidazole rings is 1. The number of anilines is 1. The van der Waals surface area contributed by atoms with Gasteiger partial charge in [0.05, 0.1) is 23.1 Å². The van der Waals surface area contributed by atoms with Gasteiger partial charge in [0.2, 0.25) is 5.95 Å². The molecule has 0 unspecified atom stereocenters. The van der Waals surface area contributed by atoms with Crippen LogP contribution in [0.15, 0.2) is 97.2 Å². The van der Waals surface area contributed by atoms with Gasteiger partial charge in [-0.3, -0.25) is 0 Å². The minimum Gasteiger partial charge on any atom is -0.445 e. The van der Waals surface area contributed by atoms with E-state index in [1.165, 1.54) is 12.1 Å². The number of amides is 1. The highest BCUT2D eigenvalue weighted by Gasteiger charge is 2.40. The fraction of sp³-hybridized carbons (Fsp3) is 0.257. The minimum absolute atomic E-state index is 0.0167. The van der Waals surface area contributed by atoms with E-state index in [1.807, 2.05) is 54.6 Å². The Morgan fingerprint density at radius 2 is 1.64 bits per heavy atom. The Kier molecular flexibility index (Phi) is 8.63. The zero-order chi connectivity index (χ0) is 30.4.